The van der Waals surface area contributed by atoms with Gasteiger partial charge < -0.3 is 10.6 Å². The zero-order valence-electron chi connectivity index (χ0n) is 12.0. The van der Waals surface area contributed by atoms with E-state index in [1.54, 1.807) is 35.6 Å². The maximum absolute atomic E-state index is 11.7. The molecule has 0 saturated carbocycles. The second kappa shape index (κ2) is 7.39. The molecule has 0 aliphatic carbocycles. The van der Waals surface area contributed by atoms with E-state index in [2.05, 4.69) is 15.4 Å². The van der Waals surface area contributed by atoms with Crippen LogP contribution in [0.4, 0.5) is 10.5 Å². The molecule has 0 spiro atoms. The number of sulfonamides is 1. The highest BCUT2D eigenvalue weighted by Gasteiger charge is 2.04. The number of carbonyl (C=O) groups is 1. The lowest BCUT2D eigenvalue weighted by molar-refractivity contribution is 0.252. The summed E-state index contributed by atoms with van der Waals surface area (Å²) in [7, 11) is -3.21. The summed E-state index contributed by atoms with van der Waals surface area (Å²) in [6.07, 6.45) is 1.11. The fourth-order valence-corrected chi connectivity index (χ4v) is 2.75. The molecule has 118 valence electrons. The Labute approximate surface area is 133 Å². The summed E-state index contributed by atoms with van der Waals surface area (Å²) in [5.41, 5.74) is 1.46. The van der Waals surface area contributed by atoms with E-state index in [0.29, 0.717) is 12.2 Å². The maximum Gasteiger partial charge on any atom is 0.319 e. The van der Waals surface area contributed by atoms with Gasteiger partial charge in [-0.1, -0.05) is 18.2 Å². The minimum atomic E-state index is -3.21. The van der Waals surface area contributed by atoms with Gasteiger partial charge in [-0.15, -0.1) is 11.3 Å². The molecule has 0 bridgehead atoms. The van der Waals surface area contributed by atoms with E-state index < -0.39 is 10.0 Å². The number of urea groups is 1. The Hall–Kier alpha value is -1.90. The number of hydrogen-bond acceptors (Lipinski definition) is 4. The number of anilines is 1. The Morgan fingerprint density at radius 2 is 1.86 bits per heavy atom. The smallest absolute Gasteiger partial charge is 0.319 e. The van der Waals surface area contributed by atoms with Gasteiger partial charge in [0.1, 0.15) is 0 Å². The number of nitrogens with one attached hydrogen (secondary N) is 3. The van der Waals surface area contributed by atoms with E-state index in [4.69, 9.17) is 0 Å². The van der Waals surface area contributed by atoms with Crippen LogP contribution in [0.15, 0.2) is 41.8 Å². The predicted molar refractivity (Wildman–Crippen MR) is 88.3 cm³/mol. The third-order valence-corrected chi connectivity index (χ3v) is 4.30. The highest BCUT2D eigenvalue weighted by molar-refractivity contribution is 7.88. The molecular weight excluding hydrogens is 322 g/mol. The van der Waals surface area contributed by atoms with Gasteiger partial charge >= 0.3 is 6.03 Å². The maximum atomic E-state index is 11.7. The lowest BCUT2D eigenvalue weighted by atomic mass is 10.2. The average molecular weight is 339 g/mol. The summed E-state index contributed by atoms with van der Waals surface area (Å²) in [6, 6.07) is 10.6. The summed E-state index contributed by atoms with van der Waals surface area (Å²) in [5.74, 6) is 0. The van der Waals surface area contributed by atoms with Crippen molar-refractivity contribution in [3.05, 3.63) is 52.2 Å². The van der Waals surface area contributed by atoms with Gasteiger partial charge in [-0.05, 0) is 29.1 Å². The molecule has 1 aromatic heterocycles. The molecule has 2 amide bonds. The molecule has 22 heavy (non-hydrogen) atoms. The topological polar surface area (TPSA) is 87.3 Å². The minimum absolute atomic E-state index is 0.226. The van der Waals surface area contributed by atoms with Crippen LogP contribution in [0.3, 0.4) is 0 Å². The normalized spacial score (nSPS) is 11.1. The molecule has 0 saturated heterocycles. The molecule has 1 aromatic carbocycles. The van der Waals surface area contributed by atoms with Gasteiger partial charge in [-0.3, -0.25) is 0 Å². The van der Waals surface area contributed by atoms with Crippen molar-refractivity contribution in [2.45, 2.75) is 13.1 Å². The summed E-state index contributed by atoms with van der Waals surface area (Å²) in [5, 5.41) is 7.44. The number of hydrogen-bond donors (Lipinski definition) is 3. The number of benzene rings is 1. The second-order valence-electron chi connectivity index (χ2n) is 4.68. The van der Waals surface area contributed by atoms with Crippen LogP contribution in [0.25, 0.3) is 0 Å². The molecule has 0 aliphatic heterocycles. The lowest BCUT2D eigenvalue weighted by Crippen LogP contribution is -2.27. The highest BCUT2D eigenvalue weighted by atomic mass is 32.2. The van der Waals surface area contributed by atoms with Gasteiger partial charge in [0.2, 0.25) is 10.0 Å². The van der Waals surface area contributed by atoms with Crippen molar-refractivity contribution in [1.29, 1.82) is 0 Å². The predicted octanol–water partition coefficient (Wildman–Crippen LogP) is 2.12. The lowest BCUT2D eigenvalue weighted by Gasteiger charge is -2.08. The first kappa shape index (κ1) is 16.5. The van der Waals surface area contributed by atoms with Crippen LogP contribution in [-0.2, 0) is 23.1 Å². The summed E-state index contributed by atoms with van der Waals surface area (Å²) >= 11 is 1.58. The first-order chi connectivity index (χ1) is 10.4. The van der Waals surface area contributed by atoms with Crippen LogP contribution in [0.1, 0.15) is 10.4 Å². The number of amides is 2. The van der Waals surface area contributed by atoms with E-state index in [1.807, 2.05) is 17.5 Å². The fraction of sp³-hybridized carbons (Fsp3) is 0.214. The van der Waals surface area contributed by atoms with Gasteiger partial charge in [0.25, 0.3) is 0 Å². The standard InChI is InChI=1S/C14H17N3O3S2/c1-22(19,20)16-9-11-4-6-12(7-5-11)17-14(18)15-10-13-3-2-8-21-13/h2-8,16H,9-10H2,1H3,(H2,15,17,18). The number of carbonyl (C=O) groups excluding carboxylic acids is 1. The molecule has 2 rings (SSSR count). The van der Waals surface area contributed by atoms with Crippen molar-refractivity contribution in [3.8, 4) is 0 Å². The molecule has 6 nitrogen and oxygen atoms in total. The molecule has 1 heterocycles. The van der Waals surface area contributed by atoms with Crippen molar-refractivity contribution >= 4 is 33.1 Å². The summed E-state index contributed by atoms with van der Waals surface area (Å²) in [4.78, 5) is 12.8. The second-order valence-corrected chi connectivity index (χ2v) is 7.54. The number of rotatable bonds is 6. The van der Waals surface area contributed by atoms with Gasteiger partial charge in [0, 0.05) is 17.1 Å². The Morgan fingerprint density at radius 3 is 2.45 bits per heavy atom. The van der Waals surface area contributed by atoms with Gasteiger partial charge in [-0.2, -0.15) is 0 Å². The zero-order valence-corrected chi connectivity index (χ0v) is 13.6. The SMILES string of the molecule is CS(=O)(=O)NCc1ccc(NC(=O)NCc2cccs2)cc1. The third kappa shape index (κ3) is 5.84. The first-order valence-corrected chi connectivity index (χ1v) is 9.30. The van der Waals surface area contributed by atoms with E-state index in [9.17, 15) is 13.2 Å². The van der Waals surface area contributed by atoms with E-state index >= 15 is 0 Å². The zero-order chi connectivity index (χ0) is 16.0. The van der Waals surface area contributed by atoms with Gasteiger partial charge in [0.15, 0.2) is 0 Å². The quantitative estimate of drug-likeness (QED) is 0.753. The molecule has 0 radical (unpaired) electrons. The van der Waals surface area contributed by atoms with Crippen molar-refractivity contribution in [1.82, 2.24) is 10.0 Å². The third-order valence-electron chi connectivity index (χ3n) is 2.75. The molecule has 0 aliphatic rings. The highest BCUT2D eigenvalue weighted by Crippen LogP contribution is 2.10. The van der Waals surface area contributed by atoms with Gasteiger partial charge in [-0.25, -0.2) is 17.9 Å². The summed E-state index contributed by atoms with van der Waals surface area (Å²) in [6.45, 7) is 0.712. The molecule has 3 N–H and O–H groups in total. The Bertz CT molecular complexity index is 710. The first-order valence-electron chi connectivity index (χ1n) is 6.53. The molecule has 0 fully saturated rings. The summed E-state index contributed by atoms with van der Waals surface area (Å²) < 4.78 is 24.4. The van der Waals surface area contributed by atoms with Crippen LogP contribution in [-0.4, -0.2) is 20.7 Å². The van der Waals surface area contributed by atoms with Crippen LogP contribution < -0.4 is 15.4 Å². The Balaban J connectivity index is 1.81. The monoisotopic (exact) mass is 339 g/mol. The molecule has 8 heteroatoms. The van der Waals surface area contributed by atoms with Crippen LogP contribution >= 0.6 is 11.3 Å². The number of thiophene rings is 1. The molecular formula is C14H17N3O3S2. The van der Waals surface area contributed by atoms with Crippen LogP contribution in [0, 0.1) is 0 Å². The Morgan fingerprint density at radius 1 is 1.14 bits per heavy atom. The van der Waals surface area contributed by atoms with Crippen molar-refractivity contribution in [3.63, 3.8) is 0 Å². The van der Waals surface area contributed by atoms with Crippen molar-refractivity contribution < 1.29 is 13.2 Å². The average Bonchev–Trinajstić information content (AvgIpc) is 2.97. The van der Waals surface area contributed by atoms with E-state index in [0.717, 1.165) is 16.7 Å². The molecule has 2 aromatic rings. The molecule has 0 atom stereocenters. The molecule has 0 unspecified atom stereocenters. The van der Waals surface area contributed by atoms with Crippen LogP contribution in [0.5, 0.6) is 0 Å². The van der Waals surface area contributed by atoms with Crippen molar-refractivity contribution in [2.75, 3.05) is 11.6 Å². The minimum Gasteiger partial charge on any atom is -0.333 e. The van der Waals surface area contributed by atoms with Gasteiger partial charge in [0.05, 0.1) is 12.8 Å². The Kier molecular flexibility index (Phi) is 5.53. The largest absolute Gasteiger partial charge is 0.333 e. The van der Waals surface area contributed by atoms with Crippen molar-refractivity contribution in [2.24, 2.45) is 0 Å². The van der Waals surface area contributed by atoms with E-state index in [1.165, 1.54) is 0 Å². The fourth-order valence-electron chi connectivity index (χ4n) is 1.68. The van der Waals surface area contributed by atoms with Crippen LogP contribution in [0.2, 0.25) is 0 Å². The van der Waals surface area contributed by atoms with E-state index in [-0.39, 0.29) is 12.6 Å².